The lowest BCUT2D eigenvalue weighted by molar-refractivity contribution is 0.470. The number of nitrogens with zero attached hydrogens (tertiary/aromatic N) is 1. The summed E-state index contributed by atoms with van der Waals surface area (Å²) in [6.07, 6.45) is 0. The van der Waals surface area contributed by atoms with Gasteiger partial charge >= 0.3 is 0 Å². The zero-order valence-corrected chi connectivity index (χ0v) is 11.5. The molecule has 0 radical (unpaired) electrons. The van der Waals surface area contributed by atoms with E-state index in [0.717, 1.165) is 9.35 Å². The monoisotopic (exact) mass is 312 g/mol. The van der Waals surface area contributed by atoms with Crippen LogP contribution in [0.15, 0.2) is 15.9 Å². The van der Waals surface area contributed by atoms with Gasteiger partial charge in [0.1, 0.15) is 0 Å². The van der Waals surface area contributed by atoms with Gasteiger partial charge in [0.05, 0.1) is 5.75 Å². The van der Waals surface area contributed by atoms with Gasteiger partial charge in [0, 0.05) is 34.9 Å². The Morgan fingerprint density at radius 2 is 2.27 bits per heavy atom. The molecular weight excluding hydrogens is 300 g/mol. The van der Waals surface area contributed by atoms with E-state index in [4.69, 9.17) is 5.73 Å². The van der Waals surface area contributed by atoms with Gasteiger partial charge in [0.2, 0.25) is 10.0 Å². The Morgan fingerprint density at radius 1 is 1.60 bits per heavy atom. The van der Waals surface area contributed by atoms with E-state index in [1.54, 1.807) is 7.05 Å². The van der Waals surface area contributed by atoms with E-state index < -0.39 is 10.0 Å². The summed E-state index contributed by atoms with van der Waals surface area (Å²) in [7, 11) is -1.63. The van der Waals surface area contributed by atoms with Crippen LogP contribution in [0.3, 0.4) is 0 Å². The molecule has 2 N–H and O–H groups in total. The van der Waals surface area contributed by atoms with Crippen LogP contribution in [0.25, 0.3) is 0 Å². The average molecular weight is 313 g/mol. The SMILES string of the molecule is CN(Cc1cc(Br)cs1)S(=O)(=O)CCN. The quantitative estimate of drug-likeness (QED) is 0.889. The van der Waals surface area contributed by atoms with E-state index in [1.807, 2.05) is 11.4 Å². The van der Waals surface area contributed by atoms with Gasteiger partial charge in [-0.15, -0.1) is 11.3 Å². The van der Waals surface area contributed by atoms with Gasteiger partial charge in [-0.25, -0.2) is 8.42 Å². The van der Waals surface area contributed by atoms with Crippen LogP contribution in [-0.4, -0.2) is 32.1 Å². The van der Waals surface area contributed by atoms with Crippen LogP contribution in [0.1, 0.15) is 4.88 Å². The molecule has 1 rings (SSSR count). The number of hydrogen-bond donors (Lipinski definition) is 1. The van der Waals surface area contributed by atoms with Crippen molar-refractivity contribution >= 4 is 37.3 Å². The summed E-state index contributed by atoms with van der Waals surface area (Å²) in [5.74, 6) is -0.00392. The first-order valence-corrected chi connectivity index (χ1v) is 7.61. The maximum atomic E-state index is 11.6. The van der Waals surface area contributed by atoms with Crippen LogP contribution < -0.4 is 5.73 Å². The van der Waals surface area contributed by atoms with Gasteiger partial charge in [-0.1, -0.05) is 0 Å². The molecule has 1 aromatic rings. The minimum absolute atomic E-state index is 0.00392. The molecule has 0 saturated carbocycles. The normalized spacial score (nSPS) is 12.3. The third-order valence-electron chi connectivity index (χ3n) is 1.85. The van der Waals surface area contributed by atoms with Gasteiger partial charge in [0.15, 0.2) is 0 Å². The van der Waals surface area contributed by atoms with Crippen LogP contribution >= 0.6 is 27.3 Å². The van der Waals surface area contributed by atoms with E-state index in [9.17, 15) is 8.42 Å². The maximum absolute atomic E-state index is 11.6. The van der Waals surface area contributed by atoms with E-state index in [2.05, 4.69) is 15.9 Å². The van der Waals surface area contributed by atoms with Gasteiger partial charge in [-0.05, 0) is 22.0 Å². The summed E-state index contributed by atoms with van der Waals surface area (Å²) in [5, 5.41) is 1.93. The molecular formula is C8H13BrN2O2S2. The summed E-state index contributed by atoms with van der Waals surface area (Å²) in [6, 6.07) is 1.92. The van der Waals surface area contributed by atoms with Gasteiger partial charge in [0.25, 0.3) is 0 Å². The molecule has 86 valence electrons. The number of sulfonamides is 1. The Balaban J connectivity index is 2.67. The molecule has 4 nitrogen and oxygen atoms in total. The van der Waals surface area contributed by atoms with Crippen molar-refractivity contribution in [3.05, 3.63) is 20.8 Å². The van der Waals surface area contributed by atoms with E-state index >= 15 is 0 Å². The highest BCUT2D eigenvalue weighted by molar-refractivity contribution is 9.10. The Bertz CT molecular complexity index is 416. The lowest BCUT2D eigenvalue weighted by Crippen LogP contribution is -2.31. The summed E-state index contributed by atoms with van der Waals surface area (Å²) in [4.78, 5) is 1.00. The topological polar surface area (TPSA) is 63.4 Å². The predicted octanol–water partition coefficient (Wildman–Crippen LogP) is 1.23. The van der Waals surface area contributed by atoms with Crippen molar-refractivity contribution in [1.82, 2.24) is 4.31 Å². The fraction of sp³-hybridized carbons (Fsp3) is 0.500. The summed E-state index contributed by atoms with van der Waals surface area (Å²) < 4.78 is 25.5. The summed E-state index contributed by atoms with van der Waals surface area (Å²) in [5.41, 5.74) is 5.24. The van der Waals surface area contributed by atoms with Crippen molar-refractivity contribution in [2.45, 2.75) is 6.54 Å². The Kier molecular flexibility index (Phi) is 4.72. The van der Waals surface area contributed by atoms with Crippen LogP contribution in [0.5, 0.6) is 0 Å². The summed E-state index contributed by atoms with van der Waals surface area (Å²) in [6.45, 7) is 0.555. The molecule has 0 fully saturated rings. The molecule has 0 aliphatic rings. The first-order chi connectivity index (χ1) is 6.95. The maximum Gasteiger partial charge on any atom is 0.215 e. The highest BCUT2D eigenvalue weighted by Crippen LogP contribution is 2.21. The number of rotatable bonds is 5. The second-order valence-electron chi connectivity index (χ2n) is 3.09. The van der Waals surface area contributed by atoms with Crippen molar-refractivity contribution in [2.75, 3.05) is 19.3 Å². The van der Waals surface area contributed by atoms with Gasteiger partial charge in [-0.3, -0.25) is 0 Å². The molecule has 1 aromatic heterocycles. The third-order valence-corrected chi connectivity index (χ3v) is 5.36. The molecule has 0 aromatic carbocycles. The van der Waals surface area contributed by atoms with Crippen molar-refractivity contribution < 1.29 is 8.42 Å². The zero-order valence-electron chi connectivity index (χ0n) is 8.31. The number of nitrogens with two attached hydrogens (primary N) is 1. The number of hydrogen-bond acceptors (Lipinski definition) is 4. The van der Waals surface area contributed by atoms with Crippen molar-refractivity contribution in [3.8, 4) is 0 Å². The average Bonchev–Trinajstić information content (AvgIpc) is 2.51. The fourth-order valence-electron chi connectivity index (χ4n) is 1.06. The predicted molar refractivity (Wildman–Crippen MR) is 66.3 cm³/mol. The minimum atomic E-state index is -3.20. The molecule has 0 aliphatic heterocycles. The van der Waals surface area contributed by atoms with Crippen molar-refractivity contribution in [2.24, 2.45) is 5.73 Å². The Hall–Kier alpha value is 0.0500. The standard InChI is InChI=1S/C8H13BrN2O2S2/c1-11(15(12,13)3-2-10)5-8-4-7(9)6-14-8/h4,6H,2-3,5,10H2,1H3. The molecule has 0 spiro atoms. The molecule has 0 bridgehead atoms. The lowest BCUT2D eigenvalue weighted by atomic mass is 10.5. The van der Waals surface area contributed by atoms with Gasteiger partial charge < -0.3 is 5.73 Å². The number of halogens is 1. The van der Waals surface area contributed by atoms with Crippen molar-refractivity contribution in [1.29, 1.82) is 0 Å². The van der Waals surface area contributed by atoms with E-state index in [0.29, 0.717) is 6.54 Å². The highest BCUT2D eigenvalue weighted by Gasteiger charge is 2.17. The second-order valence-corrected chi connectivity index (χ2v) is 7.20. The first-order valence-electron chi connectivity index (χ1n) is 4.32. The molecule has 15 heavy (non-hydrogen) atoms. The van der Waals surface area contributed by atoms with Crippen LogP contribution in [0.4, 0.5) is 0 Å². The van der Waals surface area contributed by atoms with E-state index in [1.165, 1.54) is 15.6 Å². The second kappa shape index (κ2) is 5.40. The number of thiophene rings is 1. The van der Waals surface area contributed by atoms with Crippen molar-refractivity contribution in [3.63, 3.8) is 0 Å². The first kappa shape index (κ1) is 13.1. The summed E-state index contributed by atoms with van der Waals surface area (Å²) >= 11 is 4.85. The molecule has 0 amide bonds. The Morgan fingerprint density at radius 3 is 2.73 bits per heavy atom. The molecule has 1 heterocycles. The zero-order chi connectivity index (χ0) is 11.5. The lowest BCUT2D eigenvalue weighted by Gasteiger charge is -2.15. The smallest absolute Gasteiger partial charge is 0.215 e. The Labute approximate surface area is 102 Å². The highest BCUT2D eigenvalue weighted by atomic mass is 79.9. The molecule has 0 atom stereocenters. The van der Waals surface area contributed by atoms with Crippen LogP contribution in [0.2, 0.25) is 0 Å². The molecule has 0 unspecified atom stereocenters. The van der Waals surface area contributed by atoms with Crippen LogP contribution in [-0.2, 0) is 16.6 Å². The third kappa shape index (κ3) is 3.84. The van der Waals surface area contributed by atoms with Crippen LogP contribution in [0, 0.1) is 0 Å². The fourth-order valence-corrected chi connectivity index (χ4v) is 3.59. The minimum Gasteiger partial charge on any atom is -0.329 e. The molecule has 0 saturated heterocycles. The van der Waals surface area contributed by atoms with Gasteiger partial charge in [-0.2, -0.15) is 4.31 Å². The largest absolute Gasteiger partial charge is 0.329 e. The molecule has 0 aliphatic carbocycles. The van der Waals surface area contributed by atoms with E-state index in [-0.39, 0.29) is 12.3 Å². The molecule has 7 heteroatoms.